The zero-order valence-corrected chi connectivity index (χ0v) is 13.9. The highest BCUT2D eigenvalue weighted by Gasteiger charge is 2.09. The molecule has 24 heavy (non-hydrogen) atoms. The summed E-state index contributed by atoms with van der Waals surface area (Å²) in [5, 5.41) is 14.9. The van der Waals surface area contributed by atoms with E-state index in [-0.39, 0.29) is 12.5 Å². The molecule has 2 aromatic carbocycles. The van der Waals surface area contributed by atoms with E-state index >= 15 is 0 Å². The molecule has 0 radical (unpaired) electrons. The van der Waals surface area contributed by atoms with Crippen molar-refractivity contribution in [2.75, 3.05) is 30.9 Å². The monoisotopic (exact) mass is 328 g/mol. The summed E-state index contributed by atoms with van der Waals surface area (Å²) in [7, 11) is 1.58. The van der Waals surface area contributed by atoms with E-state index in [1.807, 2.05) is 24.3 Å². The maximum atomic E-state index is 12.3. The Balaban J connectivity index is 1.89. The van der Waals surface area contributed by atoms with Crippen molar-refractivity contribution >= 4 is 17.3 Å². The molecule has 5 heteroatoms. The quantitative estimate of drug-likeness (QED) is 0.616. The average molecular weight is 328 g/mol. The zero-order valence-electron chi connectivity index (χ0n) is 13.9. The number of aliphatic hydroxyl groups is 1. The van der Waals surface area contributed by atoms with Gasteiger partial charge in [0.05, 0.1) is 12.8 Å². The number of nitrogens with one attached hydrogen (secondary N) is 2. The molecule has 0 aliphatic carbocycles. The van der Waals surface area contributed by atoms with Crippen LogP contribution in [0.1, 0.15) is 29.6 Å². The van der Waals surface area contributed by atoms with Crippen LogP contribution >= 0.6 is 0 Å². The number of aliphatic hydroxyl groups excluding tert-OH is 1. The first kappa shape index (κ1) is 17.8. The summed E-state index contributed by atoms with van der Waals surface area (Å²) in [5.41, 5.74) is 2.22. The van der Waals surface area contributed by atoms with E-state index < -0.39 is 0 Å². The van der Waals surface area contributed by atoms with Crippen molar-refractivity contribution in [3.8, 4) is 5.75 Å². The van der Waals surface area contributed by atoms with Gasteiger partial charge >= 0.3 is 0 Å². The Kier molecular flexibility index (Phi) is 7.11. The highest BCUT2D eigenvalue weighted by atomic mass is 16.5. The van der Waals surface area contributed by atoms with E-state index in [1.54, 1.807) is 31.4 Å². The van der Waals surface area contributed by atoms with Crippen molar-refractivity contribution in [2.45, 2.75) is 19.3 Å². The second kappa shape index (κ2) is 9.57. The minimum absolute atomic E-state index is 0.172. The number of para-hydroxylation sites is 2. The van der Waals surface area contributed by atoms with E-state index in [2.05, 4.69) is 10.6 Å². The molecule has 0 saturated heterocycles. The third-order valence-corrected chi connectivity index (χ3v) is 3.67. The van der Waals surface area contributed by atoms with E-state index in [0.29, 0.717) is 17.0 Å². The molecular formula is C19H24N2O3. The minimum atomic E-state index is -0.172. The third-order valence-electron chi connectivity index (χ3n) is 3.67. The molecule has 0 aliphatic heterocycles. The fourth-order valence-electron chi connectivity index (χ4n) is 2.33. The maximum Gasteiger partial charge on any atom is 0.255 e. The summed E-state index contributed by atoms with van der Waals surface area (Å²) >= 11 is 0. The lowest BCUT2D eigenvalue weighted by Gasteiger charge is -2.10. The topological polar surface area (TPSA) is 70.6 Å². The minimum Gasteiger partial charge on any atom is -0.495 e. The highest BCUT2D eigenvalue weighted by Crippen LogP contribution is 2.23. The Morgan fingerprint density at radius 1 is 1.04 bits per heavy atom. The van der Waals surface area contributed by atoms with Crippen LogP contribution in [-0.2, 0) is 0 Å². The lowest BCUT2D eigenvalue weighted by Crippen LogP contribution is -2.12. The molecule has 128 valence electrons. The summed E-state index contributed by atoms with van der Waals surface area (Å²) in [6.07, 6.45) is 2.85. The standard InChI is InChI=1S/C19H24N2O3/c1-24-18-8-4-3-7-17(18)21-19(23)15-9-11-16(12-10-15)20-13-5-2-6-14-22/h3-4,7-12,20,22H,2,5-6,13-14H2,1H3,(H,21,23). The molecule has 3 N–H and O–H groups in total. The van der Waals surface area contributed by atoms with Gasteiger partial charge in [0, 0.05) is 24.4 Å². The van der Waals surface area contributed by atoms with Gasteiger partial charge in [0.15, 0.2) is 0 Å². The van der Waals surface area contributed by atoms with E-state index in [9.17, 15) is 4.79 Å². The first-order valence-corrected chi connectivity index (χ1v) is 8.13. The zero-order chi connectivity index (χ0) is 17.2. The molecule has 0 atom stereocenters. The molecule has 5 nitrogen and oxygen atoms in total. The Hall–Kier alpha value is -2.53. The number of amides is 1. The van der Waals surface area contributed by atoms with Crippen molar-refractivity contribution < 1.29 is 14.6 Å². The second-order valence-electron chi connectivity index (χ2n) is 5.44. The van der Waals surface area contributed by atoms with Crippen LogP contribution in [0.5, 0.6) is 5.75 Å². The molecule has 2 aromatic rings. The van der Waals surface area contributed by atoms with Crippen LogP contribution in [0.2, 0.25) is 0 Å². The van der Waals surface area contributed by atoms with Crippen LogP contribution in [0.3, 0.4) is 0 Å². The number of hydrogen-bond acceptors (Lipinski definition) is 4. The van der Waals surface area contributed by atoms with Crippen LogP contribution in [0.25, 0.3) is 0 Å². The molecule has 0 saturated carbocycles. The van der Waals surface area contributed by atoms with E-state index in [1.165, 1.54) is 0 Å². The SMILES string of the molecule is COc1ccccc1NC(=O)c1ccc(NCCCCCO)cc1. The van der Waals surface area contributed by atoms with E-state index in [4.69, 9.17) is 9.84 Å². The van der Waals surface area contributed by atoms with Gasteiger partial charge < -0.3 is 20.5 Å². The molecule has 2 rings (SSSR count). The van der Waals surface area contributed by atoms with Crippen molar-refractivity contribution in [2.24, 2.45) is 0 Å². The van der Waals surface area contributed by atoms with Gasteiger partial charge in [-0.25, -0.2) is 0 Å². The molecule has 0 heterocycles. The number of carbonyl (C=O) groups is 1. The van der Waals surface area contributed by atoms with Crippen LogP contribution in [0.15, 0.2) is 48.5 Å². The van der Waals surface area contributed by atoms with Gasteiger partial charge in [-0.15, -0.1) is 0 Å². The third kappa shape index (κ3) is 5.28. The summed E-state index contributed by atoms with van der Waals surface area (Å²) < 4.78 is 5.23. The fourth-order valence-corrected chi connectivity index (χ4v) is 2.33. The number of rotatable bonds is 9. The number of ether oxygens (including phenoxy) is 1. The van der Waals surface area contributed by atoms with Crippen molar-refractivity contribution in [1.82, 2.24) is 0 Å². The molecule has 0 aromatic heterocycles. The summed E-state index contributed by atoms with van der Waals surface area (Å²) in [5.74, 6) is 0.459. The van der Waals surface area contributed by atoms with Crippen LogP contribution in [0.4, 0.5) is 11.4 Å². The van der Waals surface area contributed by atoms with Gasteiger partial charge in [-0.1, -0.05) is 12.1 Å². The van der Waals surface area contributed by atoms with Crippen LogP contribution in [0, 0.1) is 0 Å². The Morgan fingerprint density at radius 3 is 2.50 bits per heavy atom. The Morgan fingerprint density at radius 2 is 1.79 bits per heavy atom. The molecule has 0 aliphatic rings. The first-order valence-electron chi connectivity index (χ1n) is 8.13. The number of anilines is 2. The van der Waals surface area contributed by atoms with Crippen LogP contribution in [-0.4, -0.2) is 31.3 Å². The Bertz CT molecular complexity index is 641. The fraction of sp³-hybridized carbons (Fsp3) is 0.316. The number of benzene rings is 2. The molecule has 0 unspecified atom stereocenters. The predicted octanol–water partition coefficient (Wildman–Crippen LogP) is 3.52. The summed E-state index contributed by atoms with van der Waals surface area (Å²) in [4.78, 5) is 12.3. The van der Waals surface area contributed by atoms with Crippen molar-refractivity contribution in [3.63, 3.8) is 0 Å². The first-order chi connectivity index (χ1) is 11.7. The lowest BCUT2D eigenvalue weighted by atomic mass is 10.1. The summed E-state index contributed by atoms with van der Waals surface area (Å²) in [6, 6.07) is 14.7. The number of carbonyl (C=O) groups excluding carboxylic acids is 1. The van der Waals surface area contributed by atoms with Gasteiger partial charge in [-0.2, -0.15) is 0 Å². The second-order valence-corrected chi connectivity index (χ2v) is 5.44. The van der Waals surface area contributed by atoms with E-state index in [0.717, 1.165) is 31.5 Å². The van der Waals surface area contributed by atoms with Gasteiger partial charge in [0.1, 0.15) is 5.75 Å². The van der Waals surface area contributed by atoms with Gasteiger partial charge in [0.2, 0.25) is 0 Å². The molecule has 1 amide bonds. The van der Waals surface area contributed by atoms with Crippen molar-refractivity contribution in [1.29, 1.82) is 0 Å². The number of methoxy groups -OCH3 is 1. The van der Waals surface area contributed by atoms with Gasteiger partial charge in [0.25, 0.3) is 5.91 Å². The average Bonchev–Trinajstić information content (AvgIpc) is 2.62. The molecule has 0 bridgehead atoms. The lowest BCUT2D eigenvalue weighted by molar-refractivity contribution is 0.102. The van der Waals surface area contributed by atoms with Gasteiger partial charge in [-0.05, 0) is 55.7 Å². The number of hydrogen-bond donors (Lipinski definition) is 3. The predicted molar refractivity (Wildman–Crippen MR) is 96.8 cm³/mol. The molecule has 0 fully saturated rings. The van der Waals surface area contributed by atoms with Crippen LogP contribution < -0.4 is 15.4 Å². The van der Waals surface area contributed by atoms with Gasteiger partial charge in [-0.3, -0.25) is 4.79 Å². The normalized spacial score (nSPS) is 10.2. The highest BCUT2D eigenvalue weighted by molar-refractivity contribution is 6.05. The molecule has 0 spiro atoms. The number of unbranched alkanes of at least 4 members (excludes halogenated alkanes) is 2. The van der Waals surface area contributed by atoms with Crippen molar-refractivity contribution in [3.05, 3.63) is 54.1 Å². The summed E-state index contributed by atoms with van der Waals surface area (Å²) in [6.45, 7) is 1.10. The smallest absolute Gasteiger partial charge is 0.255 e. The maximum absolute atomic E-state index is 12.3. The largest absolute Gasteiger partial charge is 0.495 e. The Labute approximate surface area is 142 Å². The molecular weight excluding hydrogens is 304 g/mol.